The van der Waals surface area contributed by atoms with Gasteiger partial charge in [-0.2, -0.15) is 0 Å². The van der Waals surface area contributed by atoms with Gasteiger partial charge in [0.2, 0.25) is 0 Å². The van der Waals surface area contributed by atoms with E-state index in [4.69, 9.17) is 0 Å². The lowest BCUT2D eigenvalue weighted by atomic mass is 9.90. The van der Waals surface area contributed by atoms with Gasteiger partial charge in [-0.25, -0.2) is 0 Å². The van der Waals surface area contributed by atoms with Gasteiger partial charge >= 0.3 is 0 Å². The molecule has 6 aromatic rings. The predicted molar refractivity (Wildman–Crippen MR) is 182 cm³/mol. The van der Waals surface area contributed by atoms with Gasteiger partial charge in [-0.3, -0.25) is 0 Å². The zero-order chi connectivity index (χ0) is 26.7. The molecule has 8 heteroatoms. The summed E-state index contributed by atoms with van der Waals surface area (Å²) in [7, 11) is 0. The smallest absolute Gasteiger partial charge is 0.0449 e. The summed E-state index contributed by atoms with van der Waals surface area (Å²) in [6.07, 6.45) is 5.14. The third-order valence-electron chi connectivity index (χ3n) is 7.39. The maximum Gasteiger partial charge on any atom is 0.0449 e. The van der Waals surface area contributed by atoms with E-state index < -0.39 is 0 Å². The molecule has 0 saturated heterocycles. The fourth-order valence-electron chi connectivity index (χ4n) is 5.34. The predicted octanol–water partition coefficient (Wildman–Crippen LogP) is 10.9. The van der Waals surface area contributed by atoms with Crippen LogP contribution in [0.3, 0.4) is 0 Å². The highest BCUT2D eigenvalue weighted by molar-refractivity contribution is 7.26. The van der Waals surface area contributed by atoms with Crippen LogP contribution in [0.15, 0.2) is 83.6 Å². The average molecular weight is 635 g/mol. The van der Waals surface area contributed by atoms with Crippen LogP contribution in [0.2, 0.25) is 0 Å². The van der Waals surface area contributed by atoms with Gasteiger partial charge in [0.1, 0.15) is 0 Å². The number of thiophene rings is 6. The lowest BCUT2D eigenvalue weighted by molar-refractivity contribution is 0.282. The standard InChI is InChI=1S/C32H30N2S6/c1-2-6-24(34-20-22-10-12-30(38-22)32-16-14-28(40-32)26-8-4-18-36-26)23(5-1)33-19-21-9-11-29(37-21)31-15-13-27(39-31)25-7-3-17-35-25/h3-4,7-18,23-24,33-34H,1-2,5-6,19-20H2/t23-,24-/m1/s1. The second-order valence-electron chi connectivity index (χ2n) is 10.1. The molecule has 0 aliphatic heterocycles. The minimum absolute atomic E-state index is 0.525. The van der Waals surface area contributed by atoms with Crippen molar-refractivity contribution >= 4 is 68.0 Å². The van der Waals surface area contributed by atoms with Gasteiger partial charge in [-0.05, 0) is 84.3 Å². The van der Waals surface area contributed by atoms with Crippen molar-refractivity contribution in [3.63, 3.8) is 0 Å². The SMILES string of the molecule is c1csc(-c2ccc(-c3ccc(CN[C@@H]4CCCC[C@H]4NCc4ccc(-c5ccc(-c6cccs6)s5)s4)s3)s2)c1. The van der Waals surface area contributed by atoms with Crippen LogP contribution < -0.4 is 10.6 Å². The molecule has 2 N–H and O–H groups in total. The molecule has 0 radical (unpaired) electrons. The highest BCUT2D eigenvalue weighted by Gasteiger charge is 2.24. The van der Waals surface area contributed by atoms with E-state index in [2.05, 4.69) is 94.2 Å². The number of rotatable bonds is 10. The van der Waals surface area contributed by atoms with Crippen LogP contribution in [0.1, 0.15) is 35.4 Å². The molecule has 0 amide bonds. The molecule has 0 aromatic carbocycles. The highest BCUT2D eigenvalue weighted by atomic mass is 32.1. The van der Waals surface area contributed by atoms with Crippen molar-refractivity contribution < 1.29 is 0 Å². The van der Waals surface area contributed by atoms with Gasteiger partial charge in [0.15, 0.2) is 0 Å². The van der Waals surface area contributed by atoms with Gasteiger partial charge in [0, 0.05) is 73.9 Å². The number of hydrogen-bond donors (Lipinski definition) is 2. The summed E-state index contributed by atoms with van der Waals surface area (Å²) in [6.45, 7) is 1.90. The van der Waals surface area contributed by atoms with Crippen LogP contribution in [0, 0.1) is 0 Å². The Labute approximate surface area is 260 Å². The summed E-state index contributed by atoms with van der Waals surface area (Å²) in [6, 6.07) is 28.0. The molecule has 6 aromatic heterocycles. The minimum Gasteiger partial charge on any atom is -0.308 e. The van der Waals surface area contributed by atoms with E-state index in [9.17, 15) is 0 Å². The lowest BCUT2D eigenvalue weighted by Gasteiger charge is -2.33. The first-order valence-corrected chi connectivity index (χ1v) is 18.7. The topological polar surface area (TPSA) is 24.1 Å². The molecule has 7 rings (SSSR count). The third-order valence-corrected chi connectivity index (χ3v) is 14.3. The van der Waals surface area contributed by atoms with Crippen LogP contribution in [0.5, 0.6) is 0 Å². The maximum absolute atomic E-state index is 3.92. The monoisotopic (exact) mass is 634 g/mol. The van der Waals surface area contributed by atoms with E-state index in [1.165, 1.54) is 74.5 Å². The Hall–Kier alpha value is -1.88. The van der Waals surface area contributed by atoms with E-state index in [0.29, 0.717) is 12.1 Å². The van der Waals surface area contributed by atoms with Gasteiger partial charge in [0.05, 0.1) is 0 Å². The molecule has 0 unspecified atom stereocenters. The summed E-state index contributed by atoms with van der Waals surface area (Å²) in [5.74, 6) is 0. The first kappa shape index (κ1) is 27.0. The van der Waals surface area contributed by atoms with Crippen molar-refractivity contribution in [1.82, 2.24) is 10.6 Å². The van der Waals surface area contributed by atoms with Crippen LogP contribution in [-0.4, -0.2) is 12.1 Å². The molecule has 40 heavy (non-hydrogen) atoms. The van der Waals surface area contributed by atoms with Crippen molar-refractivity contribution in [2.75, 3.05) is 0 Å². The summed E-state index contributed by atoms with van der Waals surface area (Å²) in [5.41, 5.74) is 0. The molecule has 6 heterocycles. The molecule has 0 spiro atoms. The molecular weight excluding hydrogens is 605 g/mol. The van der Waals surface area contributed by atoms with Gasteiger partial charge in [-0.1, -0.05) is 25.0 Å². The van der Waals surface area contributed by atoms with E-state index in [-0.39, 0.29) is 0 Å². The van der Waals surface area contributed by atoms with Crippen molar-refractivity contribution in [2.45, 2.75) is 50.9 Å². The van der Waals surface area contributed by atoms with Gasteiger partial charge in [-0.15, -0.1) is 68.0 Å². The Bertz CT molecular complexity index is 1510. The number of hydrogen-bond acceptors (Lipinski definition) is 8. The fourth-order valence-corrected chi connectivity index (χ4v) is 11.1. The molecule has 1 fully saturated rings. The molecule has 2 atom stereocenters. The van der Waals surface area contributed by atoms with E-state index in [1.807, 2.05) is 68.0 Å². The van der Waals surface area contributed by atoms with E-state index in [0.717, 1.165) is 13.1 Å². The second kappa shape index (κ2) is 12.5. The molecule has 0 bridgehead atoms. The quantitative estimate of drug-likeness (QED) is 0.157. The van der Waals surface area contributed by atoms with Crippen LogP contribution in [0.4, 0.5) is 0 Å². The van der Waals surface area contributed by atoms with Gasteiger partial charge < -0.3 is 10.6 Å². The zero-order valence-corrected chi connectivity index (χ0v) is 26.8. The van der Waals surface area contributed by atoms with E-state index in [1.54, 1.807) is 0 Å². The zero-order valence-electron chi connectivity index (χ0n) is 21.9. The average Bonchev–Trinajstić information content (AvgIpc) is 3.83. The fraction of sp³-hybridized carbons (Fsp3) is 0.250. The molecule has 2 nitrogen and oxygen atoms in total. The summed E-state index contributed by atoms with van der Waals surface area (Å²) < 4.78 is 0. The Balaban J connectivity index is 0.942. The summed E-state index contributed by atoms with van der Waals surface area (Å²) >= 11 is 11.3. The van der Waals surface area contributed by atoms with Crippen LogP contribution >= 0.6 is 68.0 Å². The normalized spacial score (nSPS) is 17.5. The Kier molecular flexibility index (Phi) is 8.47. The molecular formula is C32H30N2S6. The molecule has 1 aliphatic rings. The van der Waals surface area contributed by atoms with Gasteiger partial charge in [0.25, 0.3) is 0 Å². The second-order valence-corrected chi connectivity index (χ2v) is 16.5. The first-order valence-electron chi connectivity index (χ1n) is 13.7. The minimum atomic E-state index is 0.525. The lowest BCUT2D eigenvalue weighted by Crippen LogP contribution is -2.49. The van der Waals surface area contributed by atoms with Crippen molar-refractivity contribution in [3.05, 3.63) is 93.3 Å². The maximum atomic E-state index is 3.92. The Morgan fingerprint density at radius 3 is 1.30 bits per heavy atom. The van der Waals surface area contributed by atoms with E-state index >= 15 is 0 Å². The molecule has 1 aliphatic carbocycles. The largest absolute Gasteiger partial charge is 0.308 e. The van der Waals surface area contributed by atoms with Crippen molar-refractivity contribution in [3.8, 4) is 39.0 Å². The number of nitrogens with one attached hydrogen (secondary N) is 2. The third kappa shape index (κ3) is 6.15. The van der Waals surface area contributed by atoms with Crippen LogP contribution in [-0.2, 0) is 13.1 Å². The Morgan fingerprint density at radius 2 is 0.875 bits per heavy atom. The van der Waals surface area contributed by atoms with Crippen molar-refractivity contribution in [1.29, 1.82) is 0 Å². The summed E-state index contributed by atoms with van der Waals surface area (Å²) in [4.78, 5) is 13.8. The Morgan fingerprint density at radius 1 is 0.475 bits per heavy atom. The van der Waals surface area contributed by atoms with Crippen LogP contribution in [0.25, 0.3) is 39.0 Å². The molecule has 1 saturated carbocycles. The summed E-state index contributed by atoms with van der Waals surface area (Å²) in [5, 5.41) is 12.2. The highest BCUT2D eigenvalue weighted by Crippen LogP contribution is 2.40. The molecule has 204 valence electrons. The first-order chi connectivity index (χ1) is 19.8. The van der Waals surface area contributed by atoms with Crippen molar-refractivity contribution in [2.24, 2.45) is 0 Å².